The van der Waals surface area contributed by atoms with E-state index in [0.717, 1.165) is 11.8 Å². The predicted molar refractivity (Wildman–Crippen MR) is 115 cm³/mol. The Morgan fingerprint density at radius 1 is 0.280 bits per heavy atom. The van der Waals surface area contributed by atoms with Crippen molar-refractivity contribution in [3.05, 3.63) is 0 Å². The molecular formula is C25H50. The summed E-state index contributed by atoms with van der Waals surface area (Å²) >= 11 is 0. The van der Waals surface area contributed by atoms with Gasteiger partial charge >= 0.3 is 0 Å². The molecule has 9 saturated carbocycles. The van der Waals surface area contributed by atoms with E-state index in [2.05, 4.69) is 0 Å². The molecular weight excluding hydrogens is 300 g/mol. The minimum absolute atomic E-state index is 1.15. The topological polar surface area (TPSA) is 0 Å². The van der Waals surface area contributed by atoms with Crippen LogP contribution in [0.2, 0.25) is 0 Å². The first-order valence-electron chi connectivity index (χ1n) is 12.3. The molecule has 0 nitrogen and oxygen atoms in total. The fourth-order valence-electron chi connectivity index (χ4n) is 5.30. The van der Waals surface area contributed by atoms with Crippen LogP contribution in [0, 0.1) is 35.5 Å². The van der Waals surface area contributed by atoms with Gasteiger partial charge in [-0.1, -0.05) is 92.9 Å². The minimum atomic E-state index is 1.15. The molecule has 0 aromatic rings. The monoisotopic (exact) mass is 350 g/mol. The van der Waals surface area contributed by atoms with Gasteiger partial charge in [-0.05, 0) is 67.6 Å². The second kappa shape index (κ2) is 13.2. The van der Waals surface area contributed by atoms with E-state index < -0.39 is 0 Å². The summed E-state index contributed by atoms with van der Waals surface area (Å²) < 4.78 is 0. The smallest absolute Gasteiger partial charge is 0.0406 e. The molecule has 0 radical (unpaired) electrons. The molecule has 9 fully saturated rings. The zero-order valence-corrected chi connectivity index (χ0v) is 18.7. The zero-order valence-electron chi connectivity index (χ0n) is 18.7. The van der Waals surface area contributed by atoms with Gasteiger partial charge < -0.3 is 0 Å². The van der Waals surface area contributed by atoms with Gasteiger partial charge in [0, 0.05) is 0 Å². The first-order valence-corrected chi connectivity index (χ1v) is 12.3. The Bertz CT molecular complexity index is 236. The summed E-state index contributed by atoms with van der Waals surface area (Å²) in [5.74, 6) is 7.10. The summed E-state index contributed by atoms with van der Waals surface area (Å²) in [6, 6.07) is 0. The highest BCUT2D eigenvalue weighted by molar-refractivity contribution is 4.92. The molecule has 0 saturated heterocycles. The lowest BCUT2D eigenvalue weighted by Gasteiger charge is -2.49. The predicted octanol–water partition coefficient (Wildman–Crippen LogP) is 8.89. The lowest BCUT2D eigenvalue weighted by Crippen LogP contribution is -2.38. The van der Waals surface area contributed by atoms with Crippen molar-refractivity contribution in [2.75, 3.05) is 0 Å². The first kappa shape index (κ1) is 23.0. The number of fused-ring (bicyclic) bond motifs is 4. The van der Waals surface area contributed by atoms with Crippen molar-refractivity contribution < 1.29 is 0 Å². The van der Waals surface area contributed by atoms with Gasteiger partial charge in [0.25, 0.3) is 0 Å². The fourth-order valence-corrected chi connectivity index (χ4v) is 5.30. The number of hydrogen-bond acceptors (Lipinski definition) is 0. The van der Waals surface area contributed by atoms with Gasteiger partial charge in [0.15, 0.2) is 0 Å². The molecule has 0 aliphatic heterocycles. The molecule has 9 aliphatic carbocycles. The molecule has 9 aliphatic rings. The molecule has 0 aromatic heterocycles. The second-order valence-electron chi connectivity index (χ2n) is 8.68. The van der Waals surface area contributed by atoms with Gasteiger partial charge in [-0.3, -0.25) is 0 Å². The molecule has 0 N–H and O–H groups in total. The van der Waals surface area contributed by atoms with Crippen LogP contribution in [0.5, 0.6) is 0 Å². The van der Waals surface area contributed by atoms with Crippen LogP contribution in [-0.4, -0.2) is 0 Å². The third-order valence-corrected chi connectivity index (χ3v) is 7.27. The molecule has 0 atom stereocenters. The van der Waals surface area contributed by atoms with Gasteiger partial charge in [0.2, 0.25) is 0 Å². The van der Waals surface area contributed by atoms with Crippen LogP contribution in [-0.2, 0) is 0 Å². The molecule has 0 spiro atoms. The van der Waals surface area contributed by atoms with Crippen LogP contribution in [0.15, 0.2) is 0 Å². The Labute approximate surface area is 160 Å². The third kappa shape index (κ3) is 7.26. The SMILES string of the molecule is C1C2CC1C2.C1CC2CC1C2.C1CC2CCC1CC2.CC.CC.CC. The van der Waals surface area contributed by atoms with E-state index in [-0.39, 0.29) is 0 Å². The molecule has 9 rings (SSSR count). The van der Waals surface area contributed by atoms with E-state index in [4.69, 9.17) is 0 Å². The van der Waals surface area contributed by atoms with Crippen molar-refractivity contribution in [1.29, 1.82) is 0 Å². The summed E-state index contributed by atoms with van der Waals surface area (Å²) in [6.07, 6.45) is 20.4. The number of hydrogen-bond donors (Lipinski definition) is 0. The van der Waals surface area contributed by atoms with Crippen LogP contribution in [0.1, 0.15) is 125 Å². The Morgan fingerprint density at radius 2 is 0.440 bits per heavy atom. The lowest BCUT2D eigenvalue weighted by atomic mass is 9.56. The molecule has 25 heavy (non-hydrogen) atoms. The molecule has 0 heteroatoms. The lowest BCUT2D eigenvalue weighted by molar-refractivity contribution is 0.0198. The van der Waals surface area contributed by atoms with Crippen LogP contribution in [0.25, 0.3) is 0 Å². The van der Waals surface area contributed by atoms with Crippen molar-refractivity contribution in [1.82, 2.24) is 0 Å². The molecule has 0 aromatic carbocycles. The van der Waals surface area contributed by atoms with Gasteiger partial charge in [-0.15, -0.1) is 0 Å². The van der Waals surface area contributed by atoms with Gasteiger partial charge in [-0.2, -0.15) is 0 Å². The largest absolute Gasteiger partial charge is 0.0683 e. The van der Waals surface area contributed by atoms with Gasteiger partial charge in [0.05, 0.1) is 0 Å². The van der Waals surface area contributed by atoms with E-state index in [9.17, 15) is 0 Å². The number of rotatable bonds is 0. The first-order chi connectivity index (χ1) is 12.3. The van der Waals surface area contributed by atoms with Crippen LogP contribution in [0.3, 0.4) is 0 Å². The average molecular weight is 351 g/mol. The molecule has 6 bridgehead atoms. The maximum atomic E-state index is 2.00. The molecule has 0 unspecified atom stereocenters. The second-order valence-corrected chi connectivity index (χ2v) is 8.68. The van der Waals surface area contributed by atoms with Crippen molar-refractivity contribution >= 4 is 0 Å². The fraction of sp³-hybridized carbons (Fsp3) is 1.00. The van der Waals surface area contributed by atoms with Crippen LogP contribution in [0.4, 0.5) is 0 Å². The Hall–Kier alpha value is 0. The van der Waals surface area contributed by atoms with Crippen molar-refractivity contribution in [3.63, 3.8) is 0 Å². The van der Waals surface area contributed by atoms with E-state index in [1.807, 2.05) is 41.5 Å². The van der Waals surface area contributed by atoms with E-state index in [0.29, 0.717) is 0 Å². The third-order valence-electron chi connectivity index (χ3n) is 7.27. The summed E-state index contributed by atoms with van der Waals surface area (Å²) in [7, 11) is 0. The molecule has 150 valence electrons. The molecule has 0 heterocycles. The Morgan fingerprint density at radius 3 is 0.520 bits per heavy atom. The van der Waals surface area contributed by atoms with E-state index in [1.54, 1.807) is 83.5 Å². The van der Waals surface area contributed by atoms with Crippen molar-refractivity contribution in [2.24, 2.45) is 35.5 Å². The van der Waals surface area contributed by atoms with Gasteiger partial charge in [0.1, 0.15) is 0 Å². The van der Waals surface area contributed by atoms with Gasteiger partial charge in [-0.25, -0.2) is 0 Å². The summed E-state index contributed by atoms with van der Waals surface area (Å²) in [4.78, 5) is 0. The minimum Gasteiger partial charge on any atom is -0.0683 e. The highest BCUT2D eigenvalue weighted by Gasteiger charge is 2.41. The summed E-state index contributed by atoms with van der Waals surface area (Å²) in [5.41, 5.74) is 0. The van der Waals surface area contributed by atoms with Crippen molar-refractivity contribution in [3.8, 4) is 0 Å². The Kier molecular flexibility index (Phi) is 12.2. The quantitative estimate of drug-likeness (QED) is 0.409. The van der Waals surface area contributed by atoms with Crippen LogP contribution >= 0.6 is 0 Å². The molecule has 0 amide bonds. The summed E-state index contributed by atoms with van der Waals surface area (Å²) in [6.45, 7) is 12.0. The highest BCUT2D eigenvalue weighted by atomic mass is 14.5. The standard InChI is InChI=1S/C8H14.C6H10.C5H8.3C2H6/c1-2-8-5-3-7(1)4-6-8;1-2-6-3-5(1)4-6;1-4-2-5(1)3-4;3*1-2/h7-8H,1-6H2;5-6H,1-4H2;4-5H,1-3H2;3*1-2H3. The summed E-state index contributed by atoms with van der Waals surface area (Å²) in [5, 5.41) is 0. The Balaban J connectivity index is 0.000000166. The van der Waals surface area contributed by atoms with E-state index >= 15 is 0 Å². The zero-order chi connectivity index (χ0) is 18.7. The van der Waals surface area contributed by atoms with Crippen molar-refractivity contribution in [2.45, 2.75) is 125 Å². The van der Waals surface area contributed by atoms with E-state index in [1.165, 1.54) is 23.7 Å². The van der Waals surface area contributed by atoms with Crippen LogP contribution < -0.4 is 0 Å². The normalized spacial score (nSPS) is 39.1. The maximum absolute atomic E-state index is 2.00. The average Bonchev–Trinajstić information content (AvgIpc) is 3.26. The maximum Gasteiger partial charge on any atom is -0.0406 e. The highest BCUT2D eigenvalue weighted by Crippen LogP contribution is 2.53.